The molecule has 0 bridgehead atoms. The number of carbonyl (C=O) groups excluding carboxylic acids is 2. The molecular formula is C23H22O5. The van der Waals surface area contributed by atoms with E-state index in [0.29, 0.717) is 5.75 Å². The monoisotopic (exact) mass is 378 g/mol. The second-order valence-corrected chi connectivity index (χ2v) is 6.16. The average Bonchev–Trinajstić information content (AvgIpc) is 2.68. The molecule has 0 atom stereocenters. The van der Waals surface area contributed by atoms with Crippen molar-refractivity contribution in [2.45, 2.75) is 13.8 Å². The molecule has 0 amide bonds. The highest BCUT2D eigenvalue weighted by molar-refractivity contribution is 5.91. The highest BCUT2D eigenvalue weighted by atomic mass is 16.6. The first kappa shape index (κ1) is 20.7. The first-order valence-electron chi connectivity index (χ1n) is 8.47. The Morgan fingerprint density at radius 3 is 2.04 bits per heavy atom. The van der Waals surface area contributed by atoms with E-state index in [0.717, 1.165) is 16.7 Å². The Balaban J connectivity index is 2.54. The molecule has 0 aromatic heterocycles. The van der Waals surface area contributed by atoms with E-state index in [1.165, 1.54) is 13.8 Å². The van der Waals surface area contributed by atoms with E-state index < -0.39 is 11.9 Å². The summed E-state index contributed by atoms with van der Waals surface area (Å²) < 4.78 is 15.9. The van der Waals surface area contributed by atoms with E-state index in [-0.39, 0.29) is 22.6 Å². The van der Waals surface area contributed by atoms with Crippen LogP contribution >= 0.6 is 0 Å². The second-order valence-electron chi connectivity index (χ2n) is 6.16. The zero-order chi connectivity index (χ0) is 20.8. The minimum Gasteiger partial charge on any atom is -0.497 e. The average molecular weight is 378 g/mol. The molecule has 5 nitrogen and oxygen atoms in total. The van der Waals surface area contributed by atoms with Crippen LogP contribution in [0, 0.1) is 0 Å². The summed E-state index contributed by atoms with van der Waals surface area (Å²) >= 11 is 0. The van der Waals surface area contributed by atoms with Gasteiger partial charge in [-0.1, -0.05) is 37.9 Å². The number of esters is 2. The zero-order valence-corrected chi connectivity index (χ0v) is 16.2. The smallest absolute Gasteiger partial charge is 0.338 e. The topological polar surface area (TPSA) is 61.8 Å². The van der Waals surface area contributed by atoms with Crippen LogP contribution in [0.25, 0.3) is 17.2 Å². The summed E-state index contributed by atoms with van der Waals surface area (Å²) in [5, 5.41) is 0. The highest BCUT2D eigenvalue weighted by Gasteiger charge is 2.17. The van der Waals surface area contributed by atoms with Gasteiger partial charge in [0.1, 0.15) is 5.75 Å². The van der Waals surface area contributed by atoms with Crippen LogP contribution in [0.2, 0.25) is 0 Å². The van der Waals surface area contributed by atoms with Gasteiger partial charge in [-0.3, -0.25) is 0 Å². The van der Waals surface area contributed by atoms with E-state index >= 15 is 0 Å². The van der Waals surface area contributed by atoms with Crippen LogP contribution in [-0.4, -0.2) is 19.0 Å². The van der Waals surface area contributed by atoms with Gasteiger partial charge in [0.15, 0.2) is 11.5 Å². The summed E-state index contributed by atoms with van der Waals surface area (Å²) in [4.78, 5) is 23.9. The van der Waals surface area contributed by atoms with Gasteiger partial charge in [0.25, 0.3) is 0 Å². The highest BCUT2D eigenvalue weighted by Crippen LogP contribution is 2.36. The Labute approximate surface area is 164 Å². The second kappa shape index (κ2) is 8.86. The van der Waals surface area contributed by atoms with Crippen molar-refractivity contribution in [2.24, 2.45) is 0 Å². The summed E-state index contributed by atoms with van der Waals surface area (Å²) in [6, 6.07) is 10.5. The zero-order valence-electron chi connectivity index (χ0n) is 16.2. The minimum atomic E-state index is -0.622. The molecule has 0 aliphatic carbocycles. The van der Waals surface area contributed by atoms with Crippen LogP contribution in [0.5, 0.6) is 17.2 Å². The van der Waals surface area contributed by atoms with Crippen molar-refractivity contribution in [3.8, 4) is 28.4 Å². The predicted octanol–water partition coefficient (Wildman–Crippen LogP) is 4.97. The van der Waals surface area contributed by atoms with Gasteiger partial charge in [-0.15, -0.1) is 0 Å². The summed E-state index contributed by atoms with van der Waals surface area (Å²) in [5.74, 6) is -0.328. The van der Waals surface area contributed by atoms with Gasteiger partial charge in [-0.2, -0.15) is 0 Å². The van der Waals surface area contributed by atoms with Crippen LogP contribution in [0.1, 0.15) is 19.4 Å². The maximum Gasteiger partial charge on any atom is 0.338 e. The molecule has 2 rings (SSSR count). The quantitative estimate of drug-likeness (QED) is 0.387. The van der Waals surface area contributed by atoms with Crippen LogP contribution in [0.4, 0.5) is 0 Å². The van der Waals surface area contributed by atoms with Crippen LogP contribution in [0.3, 0.4) is 0 Å². The van der Waals surface area contributed by atoms with Crippen molar-refractivity contribution in [3.05, 3.63) is 72.8 Å². The van der Waals surface area contributed by atoms with Crippen molar-refractivity contribution in [1.82, 2.24) is 0 Å². The van der Waals surface area contributed by atoms with Gasteiger partial charge in [0, 0.05) is 11.1 Å². The van der Waals surface area contributed by atoms with Crippen molar-refractivity contribution in [2.75, 3.05) is 7.11 Å². The number of hydrogen-bond acceptors (Lipinski definition) is 5. The lowest BCUT2D eigenvalue weighted by atomic mass is 9.99. The lowest BCUT2D eigenvalue weighted by Gasteiger charge is -2.14. The molecule has 5 heteroatoms. The van der Waals surface area contributed by atoms with Crippen LogP contribution in [-0.2, 0) is 9.59 Å². The maximum atomic E-state index is 12.0. The molecule has 0 N–H and O–H groups in total. The third kappa shape index (κ3) is 4.76. The molecule has 0 fully saturated rings. The summed E-state index contributed by atoms with van der Waals surface area (Å²) in [6.45, 7) is 14.0. The predicted molar refractivity (Wildman–Crippen MR) is 109 cm³/mol. The van der Waals surface area contributed by atoms with E-state index in [1.54, 1.807) is 31.4 Å². The number of methoxy groups -OCH3 is 1. The summed E-state index contributed by atoms with van der Waals surface area (Å²) in [6.07, 6.45) is 1.70. The van der Waals surface area contributed by atoms with Gasteiger partial charge >= 0.3 is 11.9 Å². The standard InChI is InChI=1S/C23H22O5/c1-7-16-12-18(26-6)9-10-19(16)17-8-11-20(27-22(24)14(2)3)21(13-17)28-23(25)15(4)5/h7-13H,1-2,4H2,3,5-6H3. The van der Waals surface area contributed by atoms with Crippen molar-refractivity contribution in [1.29, 1.82) is 0 Å². The van der Waals surface area contributed by atoms with Gasteiger partial charge in [-0.05, 0) is 54.8 Å². The Hall–Kier alpha value is -3.60. The maximum absolute atomic E-state index is 12.0. The van der Waals surface area contributed by atoms with Crippen LogP contribution in [0.15, 0.2) is 67.3 Å². The van der Waals surface area contributed by atoms with E-state index in [9.17, 15) is 9.59 Å². The third-order valence-corrected chi connectivity index (χ3v) is 3.84. The summed E-state index contributed by atoms with van der Waals surface area (Å²) in [5.41, 5.74) is 2.88. The molecule has 0 aliphatic heterocycles. The first-order chi connectivity index (χ1) is 13.3. The molecule has 0 saturated carbocycles. The molecular weight excluding hydrogens is 356 g/mol. The molecule has 0 aliphatic rings. The fourth-order valence-electron chi connectivity index (χ4n) is 2.31. The number of benzene rings is 2. The molecule has 2 aromatic carbocycles. The van der Waals surface area contributed by atoms with Crippen molar-refractivity contribution in [3.63, 3.8) is 0 Å². The summed E-state index contributed by atoms with van der Waals surface area (Å²) in [7, 11) is 1.59. The van der Waals surface area contributed by atoms with E-state index in [2.05, 4.69) is 19.7 Å². The molecule has 2 aromatic rings. The number of rotatable bonds is 7. The van der Waals surface area contributed by atoms with Gasteiger partial charge in [-0.25, -0.2) is 9.59 Å². The third-order valence-electron chi connectivity index (χ3n) is 3.84. The normalized spacial score (nSPS) is 9.96. The molecule has 0 heterocycles. The molecule has 0 saturated heterocycles. The Morgan fingerprint density at radius 2 is 1.50 bits per heavy atom. The van der Waals surface area contributed by atoms with Gasteiger partial charge in [0.2, 0.25) is 0 Å². The van der Waals surface area contributed by atoms with E-state index in [1.807, 2.05) is 18.2 Å². The Morgan fingerprint density at radius 1 is 0.893 bits per heavy atom. The fraction of sp³-hybridized carbons (Fsp3) is 0.130. The fourth-order valence-corrected chi connectivity index (χ4v) is 2.31. The molecule has 144 valence electrons. The lowest BCUT2D eigenvalue weighted by Crippen LogP contribution is -2.12. The minimum absolute atomic E-state index is 0.103. The largest absolute Gasteiger partial charge is 0.497 e. The van der Waals surface area contributed by atoms with Gasteiger partial charge in [0.05, 0.1) is 7.11 Å². The van der Waals surface area contributed by atoms with Crippen LogP contribution < -0.4 is 14.2 Å². The Kier molecular flexibility index (Phi) is 6.55. The number of carbonyl (C=O) groups is 2. The van der Waals surface area contributed by atoms with Crippen molar-refractivity contribution >= 4 is 18.0 Å². The number of hydrogen-bond donors (Lipinski definition) is 0. The lowest BCUT2D eigenvalue weighted by molar-refractivity contribution is -0.132. The molecule has 0 unspecified atom stereocenters. The van der Waals surface area contributed by atoms with E-state index in [4.69, 9.17) is 14.2 Å². The Bertz CT molecular complexity index is 969. The van der Waals surface area contributed by atoms with Gasteiger partial charge < -0.3 is 14.2 Å². The molecule has 0 radical (unpaired) electrons. The first-order valence-corrected chi connectivity index (χ1v) is 8.47. The number of ether oxygens (including phenoxy) is 3. The molecule has 28 heavy (non-hydrogen) atoms. The SMILES string of the molecule is C=Cc1cc(OC)ccc1-c1ccc(OC(=O)C(=C)C)c(OC(=O)C(=C)C)c1. The molecule has 0 spiro atoms. The van der Waals surface area contributed by atoms with Crippen molar-refractivity contribution < 1.29 is 23.8 Å².